The summed E-state index contributed by atoms with van der Waals surface area (Å²) >= 11 is 3.41. The number of carbonyl (C=O) groups is 2. The molecule has 0 aromatic heterocycles. The van der Waals surface area contributed by atoms with Crippen LogP contribution in [-0.4, -0.2) is 43.4 Å². The van der Waals surface area contributed by atoms with Crippen molar-refractivity contribution in [1.82, 2.24) is 0 Å². The molecule has 1 atom stereocenters. The van der Waals surface area contributed by atoms with E-state index in [0.29, 0.717) is 12.4 Å². The Morgan fingerprint density at radius 3 is 2.03 bits per heavy atom. The van der Waals surface area contributed by atoms with Gasteiger partial charge in [0.15, 0.2) is 0 Å². The molecular weight excluding hydrogens is 536 g/mol. The van der Waals surface area contributed by atoms with Gasteiger partial charge in [-0.25, -0.2) is 0 Å². The number of methoxy groups -OCH3 is 1. The molecule has 6 nitrogen and oxygen atoms in total. The van der Waals surface area contributed by atoms with Crippen molar-refractivity contribution in [1.29, 1.82) is 0 Å². The normalized spacial score (nSPS) is 13.2. The van der Waals surface area contributed by atoms with Crippen LogP contribution in [0.4, 0.5) is 0 Å². The number of hydrogen-bond acceptors (Lipinski definition) is 6. The average Bonchev–Trinajstić information content (AvgIpc) is 2.87. The summed E-state index contributed by atoms with van der Waals surface area (Å²) in [7, 11) is 1.53. The van der Waals surface area contributed by atoms with Gasteiger partial charge < -0.3 is 18.9 Å². The molecular formula is C30H39BrO6. The van der Waals surface area contributed by atoms with Gasteiger partial charge in [0.25, 0.3) is 0 Å². The fourth-order valence-electron chi connectivity index (χ4n) is 3.73. The van der Waals surface area contributed by atoms with Crippen LogP contribution in [0.3, 0.4) is 0 Å². The van der Waals surface area contributed by atoms with Crippen molar-refractivity contribution in [3.8, 4) is 5.75 Å². The molecule has 0 aliphatic rings. The second kappa shape index (κ2) is 14.9. The lowest BCUT2D eigenvalue weighted by Crippen LogP contribution is -2.40. The molecule has 1 unspecified atom stereocenters. The van der Waals surface area contributed by atoms with Crippen LogP contribution in [0.25, 0.3) is 12.2 Å². The molecule has 0 amide bonds. The maximum absolute atomic E-state index is 12.6. The van der Waals surface area contributed by atoms with Crippen molar-refractivity contribution in [3.63, 3.8) is 0 Å². The van der Waals surface area contributed by atoms with Gasteiger partial charge in [-0.2, -0.15) is 0 Å². The van der Waals surface area contributed by atoms with Crippen LogP contribution in [0.1, 0.15) is 63.6 Å². The number of esters is 2. The van der Waals surface area contributed by atoms with Crippen LogP contribution in [-0.2, 0) is 30.2 Å². The second-order valence-electron chi connectivity index (χ2n) is 9.83. The highest BCUT2D eigenvalue weighted by molar-refractivity contribution is 9.10. The first-order chi connectivity index (χ1) is 17.6. The highest BCUT2D eigenvalue weighted by Gasteiger charge is 2.42. The minimum absolute atomic E-state index is 0.164. The van der Waals surface area contributed by atoms with E-state index in [1.165, 1.54) is 25.5 Å². The summed E-state index contributed by atoms with van der Waals surface area (Å²) in [5.41, 5.74) is 2.65. The van der Waals surface area contributed by atoms with Crippen LogP contribution < -0.4 is 4.74 Å². The van der Waals surface area contributed by atoms with Crippen molar-refractivity contribution in [2.75, 3.05) is 27.1 Å². The molecule has 2 rings (SSSR count). The van der Waals surface area contributed by atoms with Gasteiger partial charge in [-0.3, -0.25) is 9.59 Å². The van der Waals surface area contributed by atoms with Crippen LogP contribution in [0.5, 0.6) is 5.75 Å². The van der Waals surface area contributed by atoms with Crippen LogP contribution >= 0.6 is 15.9 Å². The summed E-state index contributed by atoms with van der Waals surface area (Å²) in [6.07, 6.45) is 7.84. The van der Waals surface area contributed by atoms with Gasteiger partial charge in [0.05, 0.1) is 12.0 Å². The van der Waals surface area contributed by atoms with Gasteiger partial charge >= 0.3 is 11.9 Å². The Bertz CT molecular complexity index is 1010. The van der Waals surface area contributed by atoms with Crippen LogP contribution in [0, 0.1) is 5.41 Å². The number of hydrogen-bond donors (Lipinski definition) is 0. The Balaban J connectivity index is 1.81. The molecule has 0 bridgehead atoms. The second-order valence-corrected chi connectivity index (χ2v) is 11.6. The maximum atomic E-state index is 12.6. The summed E-state index contributed by atoms with van der Waals surface area (Å²) in [4.78, 5) is 25.0. The van der Waals surface area contributed by atoms with Crippen molar-refractivity contribution in [2.45, 2.75) is 57.7 Å². The fourth-order valence-corrected chi connectivity index (χ4v) is 4.55. The lowest BCUT2D eigenvalue weighted by Gasteiger charge is -2.30. The smallest absolute Gasteiger partial charge is 0.325 e. The molecule has 0 fully saturated rings. The zero-order valence-corrected chi connectivity index (χ0v) is 24.1. The van der Waals surface area contributed by atoms with E-state index in [2.05, 4.69) is 53.2 Å². The predicted molar refractivity (Wildman–Crippen MR) is 151 cm³/mol. The Labute approximate surface area is 229 Å². The third-order valence-electron chi connectivity index (χ3n) is 5.84. The average molecular weight is 576 g/mol. The van der Waals surface area contributed by atoms with Gasteiger partial charge in [0, 0.05) is 7.11 Å². The monoisotopic (exact) mass is 574 g/mol. The first-order valence-corrected chi connectivity index (χ1v) is 13.4. The highest BCUT2D eigenvalue weighted by atomic mass is 79.9. The molecule has 2 aromatic carbocycles. The highest BCUT2D eigenvalue weighted by Crippen LogP contribution is 2.36. The molecule has 2 aromatic rings. The number of benzene rings is 2. The predicted octanol–water partition coefficient (Wildman–Crippen LogP) is 6.84. The zero-order chi connectivity index (χ0) is 27.3. The van der Waals surface area contributed by atoms with E-state index in [9.17, 15) is 9.59 Å². The summed E-state index contributed by atoms with van der Waals surface area (Å²) in [6.45, 7) is 7.56. The van der Waals surface area contributed by atoms with Gasteiger partial charge in [-0.15, -0.1) is 0 Å². The SMILES string of the molecule is CCCCc1ccc(/C=C/c2ccc(OCOC(=O)C(C)(Br)CC(C)(C)C(=O)OCCOC)cc2)cc1. The van der Waals surface area contributed by atoms with Crippen LogP contribution in [0.15, 0.2) is 48.5 Å². The number of unbranched alkanes of at least 4 members (excludes halogenated alkanes) is 1. The van der Waals surface area contributed by atoms with Crippen molar-refractivity contribution < 1.29 is 28.5 Å². The molecule has 0 saturated carbocycles. The van der Waals surface area contributed by atoms with E-state index in [1.54, 1.807) is 20.8 Å². The van der Waals surface area contributed by atoms with E-state index in [-0.39, 0.29) is 19.8 Å². The number of aryl methyl sites for hydroxylation is 1. The standard InChI is InChI=1S/C30H39BrO6/c1-6-7-8-23-9-11-24(12-10-23)13-14-25-15-17-26(18-16-25)36-22-37-28(33)30(4,31)21-29(2,3)27(32)35-20-19-34-5/h9-18H,6-8,19-22H2,1-5H3/b14-13+. The Hall–Kier alpha value is -2.64. The molecule has 7 heteroatoms. The Morgan fingerprint density at radius 1 is 0.865 bits per heavy atom. The molecule has 0 saturated heterocycles. The fraction of sp³-hybridized carbons (Fsp3) is 0.467. The number of rotatable bonds is 15. The first-order valence-electron chi connectivity index (χ1n) is 12.6. The van der Waals surface area contributed by atoms with Gasteiger partial charge in [-0.1, -0.05) is 77.8 Å². The van der Waals surface area contributed by atoms with Crippen molar-refractivity contribution >= 4 is 40.0 Å². The van der Waals surface area contributed by atoms with Crippen molar-refractivity contribution in [2.24, 2.45) is 5.41 Å². The van der Waals surface area contributed by atoms with E-state index in [0.717, 1.165) is 17.5 Å². The molecule has 0 aliphatic carbocycles. The van der Waals surface area contributed by atoms with E-state index in [4.69, 9.17) is 18.9 Å². The van der Waals surface area contributed by atoms with E-state index >= 15 is 0 Å². The molecule has 0 radical (unpaired) electrons. The molecule has 202 valence electrons. The van der Waals surface area contributed by atoms with Gasteiger partial charge in [0.1, 0.15) is 16.7 Å². The van der Waals surface area contributed by atoms with Crippen molar-refractivity contribution in [3.05, 3.63) is 65.2 Å². The summed E-state index contributed by atoms with van der Waals surface area (Å²) in [6, 6.07) is 16.2. The summed E-state index contributed by atoms with van der Waals surface area (Å²) in [5.74, 6) is -0.341. The largest absolute Gasteiger partial charge is 0.463 e. The zero-order valence-electron chi connectivity index (χ0n) is 22.6. The van der Waals surface area contributed by atoms with Gasteiger partial charge in [0.2, 0.25) is 6.79 Å². The van der Waals surface area contributed by atoms with Gasteiger partial charge in [-0.05, 0) is 68.9 Å². The topological polar surface area (TPSA) is 71.1 Å². The molecule has 0 spiro atoms. The molecule has 0 N–H and O–H groups in total. The molecule has 0 heterocycles. The summed E-state index contributed by atoms with van der Waals surface area (Å²) in [5, 5.41) is 0. The quantitative estimate of drug-likeness (QED) is 0.0762. The lowest BCUT2D eigenvalue weighted by atomic mass is 9.83. The number of alkyl halides is 1. The number of ether oxygens (including phenoxy) is 4. The number of halogens is 1. The minimum Gasteiger partial charge on any atom is -0.463 e. The van der Waals surface area contributed by atoms with Crippen LogP contribution in [0.2, 0.25) is 0 Å². The maximum Gasteiger partial charge on any atom is 0.325 e. The molecule has 0 aliphatic heterocycles. The lowest BCUT2D eigenvalue weighted by molar-refractivity contribution is -0.159. The van der Waals surface area contributed by atoms with E-state index in [1.807, 2.05) is 30.3 Å². The van der Waals surface area contributed by atoms with E-state index < -0.39 is 21.7 Å². The Kier molecular flexibility index (Phi) is 12.3. The minimum atomic E-state index is -1.08. The molecule has 37 heavy (non-hydrogen) atoms. The first kappa shape index (κ1) is 30.6. The number of carbonyl (C=O) groups excluding carboxylic acids is 2. The summed E-state index contributed by atoms with van der Waals surface area (Å²) < 4.78 is 19.9. The third kappa shape index (κ3) is 10.7. The Morgan fingerprint density at radius 2 is 1.46 bits per heavy atom. The third-order valence-corrected chi connectivity index (χ3v) is 6.44.